The quantitative estimate of drug-likeness (QED) is 0.734. The summed E-state index contributed by atoms with van der Waals surface area (Å²) in [6.07, 6.45) is 6.60. The maximum Gasteiger partial charge on any atom is 0.408 e. The van der Waals surface area contributed by atoms with Crippen LogP contribution in [0.4, 0.5) is 4.79 Å². The molecule has 0 aromatic rings. The number of rotatable bonds is 6. The molecule has 0 aliphatic heterocycles. The molecular weight excluding hydrogens is 258 g/mol. The summed E-state index contributed by atoms with van der Waals surface area (Å²) in [5, 5.41) is 11.8. The highest BCUT2D eigenvalue weighted by Crippen LogP contribution is 2.48. The Labute approximate surface area is 119 Å². The lowest BCUT2D eigenvalue weighted by molar-refractivity contribution is -0.140. The molecule has 0 saturated heterocycles. The first-order chi connectivity index (χ1) is 9.46. The third-order valence-electron chi connectivity index (χ3n) is 4.54. The van der Waals surface area contributed by atoms with Gasteiger partial charge in [-0.05, 0) is 38.5 Å². The lowest BCUT2D eigenvalue weighted by atomic mass is 9.98. The predicted octanol–water partition coefficient (Wildman–Crippen LogP) is 2.71. The SMILES string of the molecule is C=CC[C@H]1C[C@@]1(C)OC(=O)N[C@H](C(=O)O)C1CCCC1. The van der Waals surface area contributed by atoms with Crippen molar-refractivity contribution in [3.8, 4) is 0 Å². The first-order valence-corrected chi connectivity index (χ1v) is 7.29. The van der Waals surface area contributed by atoms with Gasteiger partial charge in [0.2, 0.25) is 0 Å². The summed E-state index contributed by atoms with van der Waals surface area (Å²) in [4.78, 5) is 23.2. The Kier molecular flexibility index (Phi) is 4.35. The van der Waals surface area contributed by atoms with Crippen LogP contribution < -0.4 is 5.32 Å². The van der Waals surface area contributed by atoms with Gasteiger partial charge in [0.25, 0.3) is 0 Å². The van der Waals surface area contributed by atoms with Crippen molar-refractivity contribution in [3.63, 3.8) is 0 Å². The number of hydrogen-bond acceptors (Lipinski definition) is 3. The van der Waals surface area contributed by atoms with Crippen molar-refractivity contribution in [3.05, 3.63) is 12.7 Å². The normalized spacial score (nSPS) is 30.6. The van der Waals surface area contributed by atoms with Gasteiger partial charge in [-0.1, -0.05) is 18.9 Å². The number of hydrogen-bond donors (Lipinski definition) is 2. The number of carboxylic acid groups (broad SMARTS) is 1. The lowest BCUT2D eigenvalue weighted by Crippen LogP contribution is -2.46. The summed E-state index contributed by atoms with van der Waals surface area (Å²) < 4.78 is 5.39. The second-order valence-electron chi connectivity index (χ2n) is 6.13. The van der Waals surface area contributed by atoms with Crippen LogP contribution in [-0.4, -0.2) is 28.8 Å². The molecule has 0 unspecified atom stereocenters. The summed E-state index contributed by atoms with van der Waals surface area (Å²) >= 11 is 0. The smallest absolute Gasteiger partial charge is 0.408 e. The molecule has 0 aromatic carbocycles. The van der Waals surface area contributed by atoms with Crippen LogP contribution in [0.1, 0.15) is 45.4 Å². The highest BCUT2D eigenvalue weighted by Gasteiger charge is 2.53. The van der Waals surface area contributed by atoms with Crippen molar-refractivity contribution in [2.45, 2.75) is 57.1 Å². The zero-order valence-corrected chi connectivity index (χ0v) is 11.9. The van der Waals surface area contributed by atoms with E-state index in [1.54, 1.807) is 0 Å². The molecule has 2 saturated carbocycles. The van der Waals surface area contributed by atoms with E-state index in [2.05, 4.69) is 11.9 Å². The highest BCUT2D eigenvalue weighted by molar-refractivity contribution is 5.80. The molecule has 0 heterocycles. The van der Waals surface area contributed by atoms with Crippen LogP contribution in [0.5, 0.6) is 0 Å². The second-order valence-corrected chi connectivity index (χ2v) is 6.13. The van der Waals surface area contributed by atoms with E-state index < -0.39 is 23.7 Å². The van der Waals surface area contributed by atoms with E-state index in [1.807, 2.05) is 13.0 Å². The molecule has 0 aromatic heterocycles. The molecule has 5 nitrogen and oxygen atoms in total. The summed E-state index contributed by atoms with van der Waals surface area (Å²) in [5.74, 6) is -0.644. The minimum absolute atomic E-state index is 0.0241. The number of allylic oxidation sites excluding steroid dienone is 1. The maximum absolute atomic E-state index is 11.9. The average molecular weight is 281 g/mol. The number of carbonyl (C=O) groups excluding carboxylic acids is 1. The third kappa shape index (κ3) is 3.32. The molecule has 2 fully saturated rings. The van der Waals surface area contributed by atoms with Crippen LogP contribution in [0.25, 0.3) is 0 Å². The topological polar surface area (TPSA) is 75.6 Å². The second kappa shape index (κ2) is 5.85. The van der Waals surface area contributed by atoms with Crippen LogP contribution in [0, 0.1) is 11.8 Å². The fraction of sp³-hybridized carbons (Fsp3) is 0.733. The minimum Gasteiger partial charge on any atom is -0.480 e. The number of amides is 1. The summed E-state index contributed by atoms with van der Waals surface area (Å²) in [5.41, 5.74) is -0.461. The van der Waals surface area contributed by atoms with Gasteiger partial charge >= 0.3 is 12.1 Å². The molecule has 2 aliphatic rings. The van der Waals surface area contributed by atoms with E-state index in [1.165, 1.54) is 0 Å². The molecule has 112 valence electrons. The molecular formula is C15H23NO4. The molecule has 0 bridgehead atoms. The molecule has 5 heteroatoms. The molecule has 2 aliphatic carbocycles. The Morgan fingerprint density at radius 1 is 1.50 bits per heavy atom. The molecule has 0 radical (unpaired) electrons. The molecule has 20 heavy (non-hydrogen) atoms. The van der Waals surface area contributed by atoms with Crippen molar-refractivity contribution in [2.75, 3.05) is 0 Å². The Bertz CT molecular complexity index is 403. The van der Waals surface area contributed by atoms with Crippen molar-refractivity contribution >= 4 is 12.1 Å². The van der Waals surface area contributed by atoms with Crippen LogP contribution in [0.2, 0.25) is 0 Å². The first-order valence-electron chi connectivity index (χ1n) is 7.29. The van der Waals surface area contributed by atoms with Crippen LogP contribution in [0.15, 0.2) is 12.7 Å². The average Bonchev–Trinajstić information content (AvgIpc) is 2.81. The number of carboxylic acids is 1. The first kappa shape index (κ1) is 14.9. The monoisotopic (exact) mass is 281 g/mol. The third-order valence-corrected chi connectivity index (χ3v) is 4.54. The van der Waals surface area contributed by atoms with Crippen molar-refractivity contribution in [2.24, 2.45) is 11.8 Å². The molecule has 1 amide bonds. The zero-order chi connectivity index (χ0) is 14.8. The fourth-order valence-electron chi connectivity index (χ4n) is 3.13. The van der Waals surface area contributed by atoms with E-state index in [0.29, 0.717) is 5.92 Å². The van der Waals surface area contributed by atoms with E-state index in [-0.39, 0.29) is 5.92 Å². The van der Waals surface area contributed by atoms with Crippen LogP contribution in [-0.2, 0) is 9.53 Å². The van der Waals surface area contributed by atoms with E-state index >= 15 is 0 Å². The summed E-state index contributed by atoms with van der Waals surface area (Å²) in [7, 11) is 0. The van der Waals surface area contributed by atoms with Gasteiger partial charge in [0, 0.05) is 5.92 Å². The molecule has 0 spiro atoms. The summed E-state index contributed by atoms with van der Waals surface area (Å²) in [6.45, 7) is 5.56. The Hall–Kier alpha value is -1.52. The zero-order valence-electron chi connectivity index (χ0n) is 11.9. The fourth-order valence-corrected chi connectivity index (χ4v) is 3.13. The van der Waals surface area contributed by atoms with Gasteiger partial charge in [0.1, 0.15) is 11.6 Å². The number of carbonyl (C=O) groups is 2. The molecule has 2 rings (SSSR count). The van der Waals surface area contributed by atoms with Gasteiger partial charge in [0.15, 0.2) is 0 Å². The van der Waals surface area contributed by atoms with E-state index in [9.17, 15) is 14.7 Å². The number of aliphatic carboxylic acids is 1. The van der Waals surface area contributed by atoms with Crippen LogP contribution in [0.3, 0.4) is 0 Å². The highest BCUT2D eigenvalue weighted by atomic mass is 16.6. The van der Waals surface area contributed by atoms with Crippen LogP contribution >= 0.6 is 0 Å². The minimum atomic E-state index is -0.975. The molecule has 3 atom stereocenters. The van der Waals surface area contributed by atoms with Gasteiger partial charge < -0.3 is 15.2 Å². The Morgan fingerprint density at radius 2 is 2.15 bits per heavy atom. The number of ether oxygens (including phenoxy) is 1. The van der Waals surface area contributed by atoms with Gasteiger partial charge in [-0.25, -0.2) is 9.59 Å². The Balaban J connectivity index is 1.86. The van der Waals surface area contributed by atoms with Gasteiger partial charge in [-0.15, -0.1) is 6.58 Å². The van der Waals surface area contributed by atoms with Gasteiger partial charge in [-0.2, -0.15) is 0 Å². The number of nitrogens with one attached hydrogen (secondary N) is 1. The molecule has 2 N–H and O–H groups in total. The summed E-state index contributed by atoms with van der Waals surface area (Å²) in [6, 6.07) is -0.829. The van der Waals surface area contributed by atoms with E-state index in [0.717, 1.165) is 38.5 Å². The van der Waals surface area contributed by atoms with Crippen molar-refractivity contribution < 1.29 is 19.4 Å². The predicted molar refractivity (Wildman–Crippen MR) is 74.3 cm³/mol. The van der Waals surface area contributed by atoms with Crippen molar-refractivity contribution in [1.29, 1.82) is 0 Å². The largest absolute Gasteiger partial charge is 0.480 e. The standard InChI is InChI=1S/C15H23NO4/c1-3-6-11-9-15(11,2)20-14(19)16-12(13(17)18)10-7-4-5-8-10/h3,10-12H,1,4-9H2,2H3,(H,16,19)(H,17,18)/t11-,12-,15+/m0/s1. The van der Waals surface area contributed by atoms with E-state index in [4.69, 9.17) is 4.74 Å². The van der Waals surface area contributed by atoms with Crippen molar-refractivity contribution in [1.82, 2.24) is 5.32 Å². The Morgan fingerprint density at radius 3 is 2.70 bits per heavy atom. The van der Waals surface area contributed by atoms with Gasteiger partial charge in [0.05, 0.1) is 0 Å². The lowest BCUT2D eigenvalue weighted by Gasteiger charge is -2.22. The maximum atomic E-state index is 11.9. The van der Waals surface area contributed by atoms with Gasteiger partial charge in [-0.3, -0.25) is 0 Å². The number of alkyl carbamates (subject to hydrolysis) is 1.